The molecule has 7 heteroatoms. The molecule has 0 aliphatic rings. The third kappa shape index (κ3) is 2.41. The van der Waals surface area contributed by atoms with Crippen molar-refractivity contribution in [1.29, 1.82) is 0 Å². The Morgan fingerprint density at radius 2 is 2.16 bits per heavy atom. The van der Waals surface area contributed by atoms with E-state index in [4.69, 9.17) is 5.11 Å². The number of pyridine rings is 1. The summed E-state index contributed by atoms with van der Waals surface area (Å²) in [4.78, 5) is 19.8. The number of aromatic nitrogens is 4. The first-order valence-corrected chi connectivity index (χ1v) is 6.21. The van der Waals surface area contributed by atoms with E-state index >= 15 is 0 Å². The van der Waals surface area contributed by atoms with Crippen molar-refractivity contribution < 1.29 is 9.90 Å². The van der Waals surface area contributed by atoms with Crippen LogP contribution in [0.4, 0.5) is 0 Å². The minimum Gasteiger partial charge on any atom is -0.477 e. The first kappa shape index (κ1) is 11.7. The largest absolute Gasteiger partial charge is 0.477 e. The molecule has 0 aliphatic carbocycles. The summed E-state index contributed by atoms with van der Waals surface area (Å²) in [6, 6.07) is 6.90. The number of aromatic carboxylic acids is 1. The summed E-state index contributed by atoms with van der Waals surface area (Å²) in [7, 11) is 0. The van der Waals surface area contributed by atoms with E-state index in [-0.39, 0.29) is 5.69 Å². The van der Waals surface area contributed by atoms with Gasteiger partial charge in [-0.2, -0.15) is 5.10 Å². The van der Waals surface area contributed by atoms with E-state index in [2.05, 4.69) is 15.1 Å². The van der Waals surface area contributed by atoms with Crippen molar-refractivity contribution in [3.63, 3.8) is 0 Å². The smallest absolute Gasteiger partial charge is 0.354 e. The van der Waals surface area contributed by atoms with E-state index in [9.17, 15) is 4.79 Å². The maximum absolute atomic E-state index is 10.8. The number of fused-ring (bicyclic) bond motifs is 1. The van der Waals surface area contributed by atoms with Gasteiger partial charge in [0.15, 0.2) is 5.65 Å². The topological polar surface area (TPSA) is 80.4 Å². The molecule has 6 nitrogen and oxygen atoms in total. The maximum atomic E-state index is 10.8. The fourth-order valence-corrected chi connectivity index (χ4v) is 2.37. The van der Waals surface area contributed by atoms with Crippen LogP contribution in [-0.2, 0) is 0 Å². The van der Waals surface area contributed by atoms with Gasteiger partial charge in [-0.05, 0) is 18.2 Å². The highest BCUT2D eigenvalue weighted by Gasteiger charge is 2.07. The third-order valence-corrected chi connectivity index (χ3v) is 3.33. The molecule has 3 rings (SSSR count). The molecule has 0 saturated carbocycles. The summed E-state index contributed by atoms with van der Waals surface area (Å²) in [5.74, 6) is -1.04. The van der Waals surface area contributed by atoms with Gasteiger partial charge in [-0.3, -0.25) is 0 Å². The third-order valence-electron chi connectivity index (χ3n) is 2.41. The summed E-state index contributed by atoms with van der Waals surface area (Å²) in [6.45, 7) is 0. The number of carbonyl (C=O) groups is 1. The molecule has 0 amide bonds. The minimum absolute atomic E-state index is 0.0235. The van der Waals surface area contributed by atoms with Gasteiger partial charge in [0.25, 0.3) is 0 Å². The maximum Gasteiger partial charge on any atom is 0.354 e. The Morgan fingerprint density at radius 1 is 1.26 bits per heavy atom. The first-order chi connectivity index (χ1) is 9.22. The first-order valence-electron chi connectivity index (χ1n) is 5.40. The molecule has 3 aromatic rings. The quantitative estimate of drug-likeness (QED) is 0.734. The van der Waals surface area contributed by atoms with Crippen LogP contribution in [-0.4, -0.2) is 30.7 Å². The average Bonchev–Trinajstić information content (AvgIpc) is 2.86. The van der Waals surface area contributed by atoms with Crippen molar-refractivity contribution in [3.05, 3.63) is 48.5 Å². The van der Waals surface area contributed by atoms with Crippen LogP contribution in [0.3, 0.4) is 0 Å². The molecule has 0 aromatic carbocycles. The molecule has 0 spiro atoms. The van der Waals surface area contributed by atoms with E-state index in [1.807, 2.05) is 12.3 Å². The predicted molar refractivity (Wildman–Crippen MR) is 68.3 cm³/mol. The van der Waals surface area contributed by atoms with Gasteiger partial charge >= 0.3 is 5.97 Å². The molecular formula is C12H8N4O2S. The molecule has 3 aromatic heterocycles. The van der Waals surface area contributed by atoms with Gasteiger partial charge < -0.3 is 5.11 Å². The number of hydrogen-bond acceptors (Lipinski definition) is 5. The summed E-state index contributed by atoms with van der Waals surface area (Å²) in [5.41, 5.74) is 0.771. The zero-order valence-electron chi connectivity index (χ0n) is 9.59. The molecule has 0 fully saturated rings. The van der Waals surface area contributed by atoms with Crippen molar-refractivity contribution in [2.75, 3.05) is 0 Å². The lowest BCUT2D eigenvalue weighted by atomic mass is 10.3. The van der Waals surface area contributed by atoms with E-state index in [1.54, 1.807) is 22.8 Å². The molecule has 94 valence electrons. The number of hydrogen-bond donors (Lipinski definition) is 1. The Balaban J connectivity index is 1.91. The second-order valence-electron chi connectivity index (χ2n) is 3.68. The van der Waals surface area contributed by atoms with E-state index < -0.39 is 5.97 Å². The molecule has 0 atom stereocenters. The zero-order chi connectivity index (χ0) is 13.2. The summed E-state index contributed by atoms with van der Waals surface area (Å²) >= 11 is 1.38. The lowest BCUT2D eigenvalue weighted by Crippen LogP contribution is -1.99. The Hall–Kier alpha value is -2.41. The lowest BCUT2D eigenvalue weighted by molar-refractivity contribution is 0.0690. The van der Waals surface area contributed by atoms with E-state index in [0.717, 1.165) is 15.6 Å². The monoisotopic (exact) mass is 272 g/mol. The highest BCUT2D eigenvalue weighted by atomic mass is 32.2. The normalized spacial score (nSPS) is 10.7. The van der Waals surface area contributed by atoms with Crippen molar-refractivity contribution in [1.82, 2.24) is 19.6 Å². The second-order valence-corrected chi connectivity index (χ2v) is 4.78. The summed E-state index contributed by atoms with van der Waals surface area (Å²) < 4.78 is 1.67. The van der Waals surface area contributed by atoms with Crippen molar-refractivity contribution in [3.8, 4) is 0 Å². The van der Waals surface area contributed by atoms with Crippen LogP contribution in [0.2, 0.25) is 0 Å². The SMILES string of the molecule is O=C(O)c1cc(Sc2ccn3nccc3n2)ccn1. The summed E-state index contributed by atoms with van der Waals surface area (Å²) in [6.07, 6.45) is 4.96. The average molecular weight is 272 g/mol. The Morgan fingerprint density at radius 3 is 3.00 bits per heavy atom. The van der Waals surface area contributed by atoms with Gasteiger partial charge in [0.1, 0.15) is 10.7 Å². The number of nitrogens with zero attached hydrogens (tertiary/aromatic N) is 4. The number of rotatable bonds is 3. The Labute approximate surface area is 112 Å². The lowest BCUT2D eigenvalue weighted by Gasteiger charge is -2.02. The van der Waals surface area contributed by atoms with E-state index in [0.29, 0.717) is 0 Å². The highest BCUT2D eigenvalue weighted by Crippen LogP contribution is 2.26. The molecular weight excluding hydrogens is 264 g/mol. The standard InChI is InChI=1S/C12H8N4O2S/c17-12(18)9-7-8(1-4-13-9)19-11-3-6-16-10(15-11)2-5-14-16/h1-7H,(H,17,18). The Kier molecular flexibility index (Phi) is 2.88. The van der Waals surface area contributed by atoms with Crippen LogP contribution in [0, 0.1) is 0 Å². The van der Waals surface area contributed by atoms with Gasteiger partial charge in [-0.1, -0.05) is 11.8 Å². The van der Waals surface area contributed by atoms with Crippen LogP contribution < -0.4 is 0 Å². The van der Waals surface area contributed by atoms with Crippen molar-refractivity contribution in [2.45, 2.75) is 9.92 Å². The predicted octanol–water partition coefficient (Wildman–Crippen LogP) is 1.97. The van der Waals surface area contributed by atoms with Gasteiger partial charge in [0.2, 0.25) is 0 Å². The Bertz CT molecular complexity index is 756. The molecule has 3 heterocycles. The van der Waals surface area contributed by atoms with Crippen LogP contribution in [0.5, 0.6) is 0 Å². The van der Waals surface area contributed by atoms with Crippen LogP contribution >= 0.6 is 11.8 Å². The molecule has 19 heavy (non-hydrogen) atoms. The zero-order valence-corrected chi connectivity index (χ0v) is 10.4. The van der Waals surface area contributed by atoms with Gasteiger partial charge in [0.05, 0.1) is 6.20 Å². The van der Waals surface area contributed by atoms with Gasteiger partial charge in [-0.25, -0.2) is 19.3 Å². The van der Waals surface area contributed by atoms with Crippen LogP contribution in [0.1, 0.15) is 10.5 Å². The van der Waals surface area contributed by atoms with Crippen LogP contribution in [0.15, 0.2) is 52.8 Å². The molecule has 0 unspecified atom stereocenters. The molecule has 0 saturated heterocycles. The van der Waals surface area contributed by atoms with E-state index in [1.165, 1.54) is 24.0 Å². The molecule has 1 N–H and O–H groups in total. The van der Waals surface area contributed by atoms with Crippen molar-refractivity contribution in [2.24, 2.45) is 0 Å². The fraction of sp³-hybridized carbons (Fsp3) is 0. The summed E-state index contributed by atoms with van der Waals surface area (Å²) in [5, 5.41) is 13.7. The van der Waals surface area contributed by atoms with Crippen molar-refractivity contribution >= 4 is 23.4 Å². The molecule has 0 aliphatic heterocycles. The molecule has 0 bridgehead atoms. The van der Waals surface area contributed by atoms with Gasteiger partial charge in [-0.15, -0.1) is 0 Å². The highest BCUT2D eigenvalue weighted by molar-refractivity contribution is 7.99. The van der Waals surface area contributed by atoms with Crippen LogP contribution in [0.25, 0.3) is 5.65 Å². The van der Waals surface area contributed by atoms with Gasteiger partial charge in [0, 0.05) is 23.4 Å². The molecule has 0 radical (unpaired) electrons. The second kappa shape index (κ2) is 4.69. The fourth-order valence-electron chi connectivity index (χ4n) is 1.56. The number of carboxylic acids is 1. The minimum atomic E-state index is -1.04. The number of carboxylic acid groups (broad SMARTS) is 1.